The summed E-state index contributed by atoms with van der Waals surface area (Å²) in [5.41, 5.74) is 19.6. The standard InChI is InChI=1S/C58H38N4/c1-36-17-22-40(23-18-36)56-60-57(41-24-19-37(2)20-25-41)62-58(61-56)42-28-26-39(27-29-42)43-9-7-10-44(34-43)54-33-38(35-59)21-30-50(54)46-12-4-3-11-45(46)49-31-32-53-48-14-6-5-13-47(48)51-15-8-16-52(49)55(51)53/h3-34H,1-2H3. The fraction of sp³-hybridized carbons (Fsp3) is 0.0345. The minimum Gasteiger partial charge on any atom is -0.208 e. The summed E-state index contributed by atoms with van der Waals surface area (Å²) in [6.07, 6.45) is 0. The van der Waals surface area contributed by atoms with Gasteiger partial charge in [0.15, 0.2) is 17.5 Å². The monoisotopic (exact) mass is 790 g/mol. The summed E-state index contributed by atoms with van der Waals surface area (Å²) < 4.78 is 0. The van der Waals surface area contributed by atoms with Gasteiger partial charge in [-0.05, 0) is 110 Å². The Labute approximate surface area is 361 Å². The van der Waals surface area contributed by atoms with E-state index < -0.39 is 0 Å². The molecule has 0 radical (unpaired) electrons. The molecule has 62 heavy (non-hydrogen) atoms. The predicted octanol–water partition coefficient (Wildman–Crippen LogP) is 14.8. The number of rotatable bonds is 7. The number of benzene rings is 9. The summed E-state index contributed by atoms with van der Waals surface area (Å²) in [6.45, 7) is 4.16. The number of aryl methyl sites for hydroxylation is 2. The van der Waals surface area contributed by atoms with Crippen molar-refractivity contribution >= 4 is 10.8 Å². The van der Waals surface area contributed by atoms with Crippen LogP contribution >= 0.6 is 0 Å². The van der Waals surface area contributed by atoms with E-state index in [0.29, 0.717) is 23.0 Å². The van der Waals surface area contributed by atoms with Gasteiger partial charge < -0.3 is 0 Å². The Hall–Kier alpha value is -8.26. The summed E-state index contributed by atoms with van der Waals surface area (Å²) in [6, 6.07) is 70.7. The van der Waals surface area contributed by atoms with Crippen molar-refractivity contribution in [1.82, 2.24) is 15.0 Å². The lowest BCUT2D eigenvalue weighted by Gasteiger charge is -2.17. The molecule has 290 valence electrons. The molecule has 0 bridgehead atoms. The average molecular weight is 791 g/mol. The second kappa shape index (κ2) is 15.1. The molecule has 1 aromatic heterocycles. The molecule has 0 saturated carbocycles. The maximum atomic E-state index is 10.1. The van der Waals surface area contributed by atoms with Crippen LogP contribution in [-0.2, 0) is 0 Å². The molecule has 1 heterocycles. The topological polar surface area (TPSA) is 62.5 Å². The zero-order valence-electron chi connectivity index (χ0n) is 34.3. The zero-order valence-corrected chi connectivity index (χ0v) is 34.3. The van der Waals surface area contributed by atoms with Gasteiger partial charge in [-0.3, -0.25) is 0 Å². The van der Waals surface area contributed by atoms with Crippen LogP contribution in [-0.4, -0.2) is 15.0 Å². The van der Waals surface area contributed by atoms with E-state index in [1.165, 1.54) is 49.7 Å². The molecule has 0 amide bonds. The molecular formula is C58H38N4. The van der Waals surface area contributed by atoms with Crippen LogP contribution in [0.3, 0.4) is 0 Å². The fourth-order valence-electron chi connectivity index (χ4n) is 8.93. The molecule has 4 nitrogen and oxygen atoms in total. The van der Waals surface area contributed by atoms with Gasteiger partial charge >= 0.3 is 0 Å². The van der Waals surface area contributed by atoms with Crippen molar-refractivity contribution in [2.75, 3.05) is 0 Å². The van der Waals surface area contributed by atoms with Crippen molar-refractivity contribution in [3.05, 3.63) is 211 Å². The van der Waals surface area contributed by atoms with E-state index in [-0.39, 0.29) is 0 Å². The highest BCUT2D eigenvalue weighted by Gasteiger charge is 2.23. The molecule has 4 heteroatoms. The SMILES string of the molecule is Cc1ccc(-c2nc(-c3ccc(C)cc3)nc(-c3ccc(-c4cccc(-c5cc(C#N)ccc5-c5ccccc5-c5ccc6c7c(cccc57)-c5ccccc5-6)c4)cc3)n2)cc1. The molecule has 1 aliphatic rings. The summed E-state index contributed by atoms with van der Waals surface area (Å²) in [4.78, 5) is 14.9. The highest BCUT2D eigenvalue weighted by atomic mass is 15.0. The normalized spacial score (nSPS) is 11.4. The molecule has 0 saturated heterocycles. The number of hydrogen-bond acceptors (Lipinski definition) is 4. The highest BCUT2D eigenvalue weighted by molar-refractivity contribution is 6.19. The number of nitrogens with zero attached hydrogens (tertiary/aromatic N) is 4. The van der Waals surface area contributed by atoms with Gasteiger partial charge in [0, 0.05) is 16.7 Å². The number of nitriles is 1. The third kappa shape index (κ3) is 6.45. The predicted molar refractivity (Wildman–Crippen MR) is 254 cm³/mol. The van der Waals surface area contributed by atoms with Gasteiger partial charge in [0.05, 0.1) is 11.6 Å². The fourth-order valence-corrected chi connectivity index (χ4v) is 8.93. The van der Waals surface area contributed by atoms with Crippen LogP contribution in [0.2, 0.25) is 0 Å². The molecular weight excluding hydrogens is 753 g/mol. The van der Waals surface area contributed by atoms with E-state index in [1.54, 1.807) is 0 Å². The maximum absolute atomic E-state index is 10.1. The van der Waals surface area contributed by atoms with Crippen molar-refractivity contribution in [2.45, 2.75) is 13.8 Å². The molecule has 0 spiro atoms. The van der Waals surface area contributed by atoms with Gasteiger partial charge in [0.25, 0.3) is 0 Å². The minimum absolute atomic E-state index is 0.617. The van der Waals surface area contributed by atoms with Gasteiger partial charge in [-0.2, -0.15) is 5.26 Å². The Morgan fingerprint density at radius 2 is 0.742 bits per heavy atom. The first-order chi connectivity index (χ1) is 30.5. The van der Waals surface area contributed by atoms with E-state index >= 15 is 0 Å². The van der Waals surface area contributed by atoms with Crippen molar-refractivity contribution in [2.24, 2.45) is 0 Å². The first kappa shape index (κ1) is 36.8. The Morgan fingerprint density at radius 3 is 1.32 bits per heavy atom. The number of hydrogen-bond donors (Lipinski definition) is 0. The van der Waals surface area contributed by atoms with Gasteiger partial charge in [-0.25, -0.2) is 15.0 Å². The molecule has 1 aliphatic carbocycles. The number of fused-ring (bicyclic) bond motifs is 3. The van der Waals surface area contributed by atoms with Crippen molar-refractivity contribution in [1.29, 1.82) is 5.26 Å². The van der Waals surface area contributed by atoms with Crippen molar-refractivity contribution < 1.29 is 0 Å². The second-order valence-corrected chi connectivity index (χ2v) is 16.0. The Kier molecular flexibility index (Phi) is 8.95. The van der Waals surface area contributed by atoms with Crippen LogP contribution in [0, 0.1) is 25.2 Å². The Bertz CT molecular complexity index is 3320. The average Bonchev–Trinajstić information content (AvgIpc) is 3.66. The van der Waals surface area contributed by atoms with Gasteiger partial charge in [-0.1, -0.05) is 187 Å². The summed E-state index contributed by atoms with van der Waals surface area (Å²) >= 11 is 0. The van der Waals surface area contributed by atoms with Crippen LogP contribution < -0.4 is 0 Å². The quantitative estimate of drug-likeness (QED) is 0.161. The van der Waals surface area contributed by atoms with Gasteiger partial charge in [0.2, 0.25) is 0 Å². The van der Waals surface area contributed by atoms with E-state index in [4.69, 9.17) is 15.0 Å². The Morgan fingerprint density at radius 1 is 0.323 bits per heavy atom. The van der Waals surface area contributed by atoms with E-state index in [1.807, 2.05) is 12.1 Å². The molecule has 0 N–H and O–H groups in total. The van der Waals surface area contributed by atoms with Crippen molar-refractivity contribution in [3.63, 3.8) is 0 Å². The first-order valence-electron chi connectivity index (χ1n) is 20.9. The second-order valence-electron chi connectivity index (χ2n) is 16.0. The largest absolute Gasteiger partial charge is 0.208 e. The molecule has 0 atom stereocenters. The summed E-state index contributed by atoms with van der Waals surface area (Å²) in [7, 11) is 0. The lowest BCUT2D eigenvalue weighted by atomic mass is 9.86. The van der Waals surface area contributed by atoms with Crippen LogP contribution in [0.5, 0.6) is 0 Å². The molecule has 0 unspecified atom stereocenters. The Balaban J connectivity index is 0.977. The minimum atomic E-state index is 0.617. The van der Waals surface area contributed by atoms with Crippen LogP contribution in [0.4, 0.5) is 0 Å². The molecule has 0 fully saturated rings. The van der Waals surface area contributed by atoms with Gasteiger partial charge in [-0.15, -0.1) is 0 Å². The van der Waals surface area contributed by atoms with Crippen LogP contribution in [0.15, 0.2) is 194 Å². The van der Waals surface area contributed by atoms with Crippen molar-refractivity contribution in [3.8, 4) is 107 Å². The molecule has 10 aromatic rings. The summed E-state index contributed by atoms with van der Waals surface area (Å²) in [5.74, 6) is 1.89. The molecule has 11 rings (SSSR count). The van der Waals surface area contributed by atoms with E-state index in [2.05, 4.69) is 202 Å². The first-order valence-corrected chi connectivity index (χ1v) is 20.9. The highest BCUT2D eigenvalue weighted by Crippen LogP contribution is 2.50. The number of aromatic nitrogens is 3. The lowest BCUT2D eigenvalue weighted by Crippen LogP contribution is -2.00. The van der Waals surface area contributed by atoms with Crippen LogP contribution in [0.25, 0.3) is 112 Å². The lowest BCUT2D eigenvalue weighted by molar-refractivity contribution is 1.07. The third-order valence-corrected chi connectivity index (χ3v) is 12.1. The molecule has 0 aliphatic heterocycles. The molecule has 9 aromatic carbocycles. The zero-order chi connectivity index (χ0) is 41.7. The van der Waals surface area contributed by atoms with E-state index in [0.717, 1.165) is 55.6 Å². The van der Waals surface area contributed by atoms with Gasteiger partial charge in [0.1, 0.15) is 0 Å². The summed E-state index contributed by atoms with van der Waals surface area (Å²) in [5, 5.41) is 12.7. The van der Waals surface area contributed by atoms with Crippen LogP contribution in [0.1, 0.15) is 16.7 Å². The smallest absolute Gasteiger partial charge is 0.164 e. The third-order valence-electron chi connectivity index (χ3n) is 12.1. The van der Waals surface area contributed by atoms with E-state index in [9.17, 15) is 5.26 Å². The maximum Gasteiger partial charge on any atom is 0.164 e.